The minimum Gasteiger partial charge on any atom is -0.494 e. The molecule has 3 N–H and O–H groups in total. The van der Waals surface area contributed by atoms with Crippen molar-refractivity contribution in [3.63, 3.8) is 0 Å². The van der Waals surface area contributed by atoms with E-state index in [0.717, 1.165) is 19.3 Å². The van der Waals surface area contributed by atoms with E-state index in [1.54, 1.807) is 24.4 Å². The van der Waals surface area contributed by atoms with Gasteiger partial charge in [-0.15, -0.1) is 0 Å². The monoisotopic (exact) mass is 370 g/mol. The van der Waals surface area contributed by atoms with Gasteiger partial charge >= 0.3 is 0 Å². The van der Waals surface area contributed by atoms with Crippen LogP contribution in [0.4, 0.5) is 14.7 Å². The number of halogens is 2. The quantitative estimate of drug-likeness (QED) is 0.729. The van der Waals surface area contributed by atoms with Crippen LogP contribution in [0.3, 0.4) is 0 Å². The van der Waals surface area contributed by atoms with Crippen molar-refractivity contribution in [2.45, 2.75) is 31.3 Å². The summed E-state index contributed by atoms with van der Waals surface area (Å²) in [6.45, 7) is 0. The number of nitrogens with two attached hydrogens (primary N) is 1. The molecule has 140 valence electrons. The van der Waals surface area contributed by atoms with Gasteiger partial charge in [-0.1, -0.05) is 6.07 Å². The van der Waals surface area contributed by atoms with Crippen LogP contribution in [0, 0.1) is 11.6 Å². The maximum absolute atomic E-state index is 14.5. The Bertz CT molecular complexity index is 995. The lowest BCUT2D eigenvalue weighted by atomic mass is 10.0. The highest BCUT2D eigenvalue weighted by molar-refractivity contribution is 5.85. The topological polar surface area (TPSA) is 73.1 Å². The van der Waals surface area contributed by atoms with Crippen molar-refractivity contribution >= 4 is 16.9 Å². The Morgan fingerprint density at radius 1 is 1.19 bits per heavy atom. The third-order valence-corrected chi connectivity index (χ3v) is 5.03. The summed E-state index contributed by atoms with van der Waals surface area (Å²) in [6.07, 6.45) is 4.72. The van der Waals surface area contributed by atoms with Crippen LogP contribution in [-0.4, -0.2) is 29.2 Å². The molecule has 0 spiro atoms. The Labute approximate surface area is 155 Å². The number of aromatic nitrogens is 2. The van der Waals surface area contributed by atoms with Gasteiger partial charge in [0.1, 0.15) is 5.82 Å². The highest BCUT2D eigenvalue weighted by Gasteiger charge is 2.24. The van der Waals surface area contributed by atoms with E-state index in [-0.39, 0.29) is 23.4 Å². The summed E-state index contributed by atoms with van der Waals surface area (Å²) < 4.78 is 33.7. The number of ether oxygens (including phenoxy) is 1. The molecule has 1 heterocycles. The molecule has 0 bridgehead atoms. The van der Waals surface area contributed by atoms with Gasteiger partial charge in [0.2, 0.25) is 5.95 Å². The van der Waals surface area contributed by atoms with E-state index in [0.29, 0.717) is 22.4 Å². The molecule has 27 heavy (non-hydrogen) atoms. The van der Waals surface area contributed by atoms with E-state index in [1.165, 1.54) is 19.2 Å². The zero-order valence-corrected chi connectivity index (χ0v) is 14.9. The molecule has 7 heteroatoms. The van der Waals surface area contributed by atoms with Gasteiger partial charge in [0.05, 0.1) is 18.2 Å². The smallest absolute Gasteiger partial charge is 0.223 e. The first-order valence-corrected chi connectivity index (χ1v) is 8.88. The highest BCUT2D eigenvalue weighted by Crippen LogP contribution is 2.33. The molecule has 4 rings (SSSR count). The molecule has 0 radical (unpaired) electrons. The normalized spacial score (nSPS) is 19.4. The van der Waals surface area contributed by atoms with Crippen molar-refractivity contribution in [2.24, 2.45) is 5.73 Å². The van der Waals surface area contributed by atoms with Crippen LogP contribution in [0.5, 0.6) is 5.75 Å². The molecular weight excluding hydrogens is 350 g/mol. The molecule has 2 unspecified atom stereocenters. The van der Waals surface area contributed by atoms with Crippen molar-refractivity contribution in [1.29, 1.82) is 0 Å². The van der Waals surface area contributed by atoms with Crippen LogP contribution in [-0.2, 0) is 0 Å². The number of methoxy groups -OCH3 is 1. The zero-order valence-electron chi connectivity index (χ0n) is 14.9. The number of benzene rings is 2. The Morgan fingerprint density at radius 3 is 2.78 bits per heavy atom. The lowest BCUT2D eigenvalue weighted by molar-refractivity contribution is 0.385. The molecule has 1 saturated carbocycles. The lowest BCUT2D eigenvalue weighted by Gasteiger charge is -2.17. The summed E-state index contributed by atoms with van der Waals surface area (Å²) in [5.74, 6) is -0.875. The minimum absolute atomic E-state index is 0.00445. The van der Waals surface area contributed by atoms with Gasteiger partial charge in [-0.25, -0.2) is 18.7 Å². The van der Waals surface area contributed by atoms with Gasteiger partial charge < -0.3 is 15.8 Å². The number of fused-ring (bicyclic) bond motifs is 1. The van der Waals surface area contributed by atoms with E-state index >= 15 is 0 Å². The number of anilines is 1. The summed E-state index contributed by atoms with van der Waals surface area (Å²) in [6, 6.07) is 7.76. The summed E-state index contributed by atoms with van der Waals surface area (Å²) in [7, 11) is 1.35. The minimum atomic E-state index is -0.730. The first-order chi connectivity index (χ1) is 13.1. The maximum atomic E-state index is 14.5. The van der Waals surface area contributed by atoms with Crippen molar-refractivity contribution in [1.82, 2.24) is 9.97 Å². The van der Waals surface area contributed by atoms with Gasteiger partial charge in [-0.05, 0) is 49.1 Å². The second-order valence-corrected chi connectivity index (χ2v) is 6.75. The Morgan fingerprint density at radius 2 is 2.04 bits per heavy atom. The predicted molar refractivity (Wildman–Crippen MR) is 101 cm³/mol. The third-order valence-electron chi connectivity index (χ3n) is 5.03. The van der Waals surface area contributed by atoms with Crippen molar-refractivity contribution in [3.8, 4) is 16.9 Å². The second-order valence-electron chi connectivity index (χ2n) is 6.75. The molecule has 3 aromatic rings. The molecule has 0 saturated heterocycles. The molecule has 0 aliphatic heterocycles. The summed E-state index contributed by atoms with van der Waals surface area (Å²) in [4.78, 5) is 8.82. The first kappa shape index (κ1) is 17.6. The van der Waals surface area contributed by atoms with Crippen LogP contribution >= 0.6 is 0 Å². The van der Waals surface area contributed by atoms with Crippen LogP contribution in [0.2, 0.25) is 0 Å². The van der Waals surface area contributed by atoms with Crippen LogP contribution in [0.1, 0.15) is 19.3 Å². The molecular formula is C20H20F2N4O. The molecule has 1 fully saturated rings. The average molecular weight is 370 g/mol. The van der Waals surface area contributed by atoms with E-state index < -0.39 is 11.6 Å². The molecule has 2 aromatic carbocycles. The van der Waals surface area contributed by atoms with Gasteiger partial charge in [-0.3, -0.25) is 0 Å². The Kier molecular flexibility index (Phi) is 4.61. The number of nitrogens with one attached hydrogen (secondary N) is 1. The van der Waals surface area contributed by atoms with Crippen LogP contribution in [0.25, 0.3) is 22.0 Å². The highest BCUT2D eigenvalue weighted by atomic mass is 19.1. The number of hydrogen-bond donors (Lipinski definition) is 2. The fraction of sp³-hybridized carbons (Fsp3) is 0.300. The SMILES string of the molecule is COc1ccc(F)c(-c2ccc3nc(NC4CCCC4N)ncc3c2)c1F. The molecule has 2 atom stereocenters. The van der Waals surface area contributed by atoms with Crippen molar-refractivity contribution in [3.05, 3.63) is 48.2 Å². The van der Waals surface area contributed by atoms with Gasteiger partial charge in [0.15, 0.2) is 11.6 Å². The van der Waals surface area contributed by atoms with Gasteiger partial charge in [-0.2, -0.15) is 0 Å². The number of nitrogens with zero attached hydrogens (tertiary/aromatic N) is 2. The summed E-state index contributed by atoms with van der Waals surface area (Å²) >= 11 is 0. The van der Waals surface area contributed by atoms with Gasteiger partial charge in [0.25, 0.3) is 0 Å². The molecule has 1 aliphatic rings. The number of rotatable bonds is 4. The summed E-state index contributed by atoms with van der Waals surface area (Å²) in [5.41, 5.74) is 7.04. The maximum Gasteiger partial charge on any atom is 0.223 e. The Hall–Kier alpha value is -2.80. The predicted octanol–water partition coefficient (Wildman–Crippen LogP) is 3.88. The second kappa shape index (κ2) is 7.08. The fourth-order valence-electron chi connectivity index (χ4n) is 3.55. The van der Waals surface area contributed by atoms with Crippen LogP contribution in [0.15, 0.2) is 36.5 Å². The number of hydrogen-bond acceptors (Lipinski definition) is 5. The summed E-state index contributed by atoms with van der Waals surface area (Å²) in [5, 5.41) is 3.97. The molecule has 0 amide bonds. The molecule has 1 aromatic heterocycles. The zero-order chi connectivity index (χ0) is 19.0. The largest absolute Gasteiger partial charge is 0.494 e. The van der Waals surface area contributed by atoms with E-state index in [2.05, 4.69) is 15.3 Å². The van der Waals surface area contributed by atoms with E-state index in [1.807, 2.05) is 0 Å². The van der Waals surface area contributed by atoms with Crippen molar-refractivity contribution in [2.75, 3.05) is 12.4 Å². The lowest BCUT2D eigenvalue weighted by Crippen LogP contribution is -2.35. The Balaban J connectivity index is 1.69. The van der Waals surface area contributed by atoms with Crippen LogP contribution < -0.4 is 15.8 Å². The first-order valence-electron chi connectivity index (χ1n) is 8.88. The molecule has 1 aliphatic carbocycles. The van der Waals surface area contributed by atoms with Gasteiger partial charge in [0, 0.05) is 23.7 Å². The third kappa shape index (κ3) is 3.30. The standard InChI is InChI=1S/C20H20F2N4O/c1-27-17-8-6-13(21)18(19(17)22)11-5-7-15-12(9-11)10-24-20(25-15)26-16-4-2-3-14(16)23/h5-10,14,16H,2-4,23H2,1H3,(H,24,25,26). The fourth-order valence-corrected chi connectivity index (χ4v) is 3.55. The van der Waals surface area contributed by atoms with E-state index in [9.17, 15) is 8.78 Å². The molecule has 5 nitrogen and oxygen atoms in total. The van der Waals surface area contributed by atoms with E-state index in [4.69, 9.17) is 10.5 Å². The average Bonchev–Trinajstić information content (AvgIpc) is 3.06. The van der Waals surface area contributed by atoms with Crippen molar-refractivity contribution < 1.29 is 13.5 Å².